The van der Waals surface area contributed by atoms with E-state index in [1.165, 1.54) is 11.8 Å². The quantitative estimate of drug-likeness (QED) is 0.528. The molecule has 1 N–H and O–H groups in total. The number of nitrogens with one attached hydrogen (secondary N) is 1. The molecule has 1 heterocycles. The molecule has 5 nitrogen and oxygen atoms in total. The predicted molar refractivity (Wildman–Crippen MR) is 118 cm³/mol. The Morgan fingerprint density at radius 1 is 1.17 bits per heavy atom. The summed E-state index contributed by atoms with van der Waals surface area (Å²) in [6, 6.07) is 15.6. The number of amides is 2. The Balaban J connectivity index is 1.77. The largest absolute Gasteiger partial charge is 0.382 e. The molecule has 1 aliphatic heterocycles. The fourth-order valence-corrected chi connectivity index (χ4v) is 4.10. The molecule has 3 rings (SSSR count). The highest BCUT2D eigenvalue weighted by atomic mass is 32.2. The number of hydrogen-bond donors (Lipinski definition) is 1. The second kappa shape index (κ2) is 10.3. The van der Waals surface area contributed by atoms with Gasteiger partial charge in [0.1, 0.15) is 6.54 Å². The highest BCUT2D eigenvalue weighted by molar-refractivity contribution is 8.04. The summed E-state index contributed by atoms with van der Waals surface area (Å²) in [6.45, 7) is 5.77. The lowest BCUT2D eigenvalue weighted by Crippen LogP contribution is -2.43. The highest BCUT2D eigenvalue weighted by Gasteiger charge is 2.30. The minimum atomic E-state index is -0.174. The first-order chi connectivity index (χ1) is 14.1. The minimum Gasteiger partial charge on any atom is -0.382 e. The Kier molecular flexibility index (Phi) is 7.49. The Morgan fingerprint density at radius 3 is 2.72 bits per heavy atom. The van der Waals surface area contributed by atoms with Gasteiger partial charge in [-0.05, 0) is 49.6 Å². The van der Waals surface area contributed by atoms with Crippen LogP contribution in [-0.2, 0) is 14.3 Å². The lowest BCUT2D eigenvalue weighted by molar-refractivity contribution is -0.122. The third-order valence-electron chi connectivity index (χ3n) is 4.60. The molecule has 1 aliphatic rings. The van der Waals surface area contributed by atoms with Gasteiger partial charge in [-0.15, -0.1) is 0 Å². The number of benzene rings is 2. The molecule has 6 heteroatoms. The molecule has 0 fully saturated rings. The number of para-hydroxylation sites is 1. The number of ether oxygens (including phenoxy) is 1. The molecule has 0 saturated heterocycles. The molecule has 152 valence electrons. The first-order valence-electron chi connectivity index (χ1n) is 9.80. The van der Waals surface area contributed by atoms with Crippen molar-refractivity contribution < 1.29 is 14.3 Å². The van der Waals surface area contributed by atoms with Gasteiger partial charge in [0.25, 0.3) is 5.91 Å². The molecule has 0 saturated carbocycles. The summed E-state index contributed by atoms with van der Waals surface area (Å²) in [4.78, 5) is 28.8. The minimum absolute atomic E-state index is 0.00382. The van der Waals surface area contributed by atoms with Crippen molar-refractivity contribution in [3.05, 3.63) is 64.6 Å². The molecule has 0 unspecified atom stereocenters. The van der Waals surface area contributed by atoms with Gasteiger partial charge in [-0.25, -0.2) is 0 Å². The van der Waals surface area contributed by atoms with Crippen LogP contribution in [0.2, 0.25) is 0 Å². The smallest absolute Gasteiger partial charge is 0.265 e. The van der Waals surface area contributed by atoms with Gasteiger partial charge in [0.15, 0.2) is 0 Å². The Bertz CT molecular complexity index is 911. The third-order valence-corrected chi connectivity index (χ3v) is 5.68. The topological polar surface area (TPSA) is 58.6 Å². The van der Waals surface area contributed by atoms with Crippen LogP contribution in [0.1, 0.15) is 24.5 Å². The van der Waals surface area contributed by atoms with Crippen molar-refractivity contribution in [3.63, 3.8) is 0 Å². The molecule has 2 amide bonds. The molecule has 0 spiro atoms. The zero-order valence-corrected chi connectivity index (χ0v) is 17.6. The number of aryl methyl sites for hydroxylation is 1. The van der Waals surface area contributed by atoms with Gasteiger partial charge in [0.05, 0.1) is 10.6 Å². The number of hydrogen-bond acceptors (Lipinski definition) is 4. The second-order valence-electron chi connectivity index (χ2n) is 6.73. The van der Waals surface area contributed by atoms with E-state index in [9.17, 15) is 9.59 Å². The van der Waals surface area contributed by atoms with E-state index in [0.29, 0.717) is 24.7 Å². The van der Waals surface area contributed by atoms with Crippen molar-refractivity contribution in [3.8, 4) is 0 Å². The van der Waals surface area contributed by atoms with Crippen molar-refractivity contribution >= 4 is 35.3 Å². The van der Waals surface area contributed by atoms with E-state index in [1.54, 1.807) is 4.90 Å². The third kappa shape index (κ3) is 5.49. The Labute approximate surface area is 176 Å². The summed E-state index contributed by atoms with van der Waals surface area (Å²) in [7, 11) is 0. The standard InChI is InChI=1S/C23H26N2O3S/c1-3-28-14-8-13-24-22(26)16-25-19-11-6-7-12-20(19)29-21(23(25)27)15-18-10-5-4-9-17(18)2/h4-7,9-12,15H,3,8,13-14,16H2,1-2H3,(H,24,26). The first-order valence-corrected chi connectivity index (χ1v) is 10.6. The van der Waals surface area contributed by atoms with E-state index < -0.39 is 0 Å². The molecule has 2 aromatic carbocycles. The van der Waals surface area contributed by atoms with Gasteiger partial charge < -0.3 is 10.1 Å². The van der Waals surface area contributed by atoms with Gasteiger partial charge in [-0.2, -0.15) is 0 Å². The van der Waals surface area contributed by atoms with E-state index in [1.807, 2.05) is 68.5 Å². The Hall–Kier alpha value is -2.57. The van der Waals surface area contributed by atoms with E-state index in [0.717, 1.165) is 28.1 Å². The number of rotatable bonds is 8. The number of anilines is 1. The molecule has 29 heavy (non-hydrogen) atoms. The van der Waals surface area contributed by atoms with Crippen LogP contribution in [0, 0.1) is 6.92 Å². The number of carbonyl (C=O) groups is 2. The molecular weight excluding hydrogens is 384 g/mol. The fourth-order valence-electron chi connectivity index (χ4n) is 3.06. The van der Waals surface area contributed by atoms with Gasteiger partial charge in [-0.3, -0.25) is 14.5 Å². The van der Waals surface area contributed by atoms with Crippen LogP contribution in [0.15, 0.2) is 58.3 Å². The van der Waals surface area contributed by atoms with Crippen LogP contribution >= 0.6 is 11.8 Å². The van der Waals surface area contributed by atoms with Gasteiger partial charge in [-0.1, -0.05) is 48.2 Å². The number of thioether (sulfide) groups is 1. The second-order valence-corrected chi connectivity index (χ2v) is 7.81. The van der Waals surface area contributed by atoms with Gasteiger partial charge in [0.2, 0.25) is 5.91 Å². The van der Waals surface area contributed by atoms with Crippen molar-refractivity contribution in [2.45, 2.75) is 25.2 Å². The summed E-state index contributed by atoms with van der Waals surface area (Å²) in [5.41, 5.74) is 2.88. The van der Waals surface area contributed by atoms with Gasteiger partial charge in [0, 0.05) is 24.7 Å². The number of nitrogens with zero attached hydrogens (tertiary/aromatic N) is 1. The maximum Gasteiger partial charge on any atom is 0.265 e. The lowest BCUT2D eigenvalue weighted by atomic mass is 10.1. The summed E-state index contributed by atoms with van der Waals surface area (Å²) in [5, 5.41) is 2.87. The van der Waals surface area contributed by atoms with Crippen LogP contribution < -0.4 is 10.2 Å². The summed E-state index contributed by atoms with van der Waals surface area (Å²) < 4.78 is 5.28. The van der Waals surface area contributed by atoms with E-state index >= 15 is 0 Å². The van der Waals surface area contributed by atoms with E-state index in [4.69, 9.17) is 4.74 Å². The zero-order chi connectivity index (χ0) is 20.6. The zero-order valence-electron chi connectivity index (χ0n) is 16.8. The molecular formula is C23H26N2O3S. The predicted octanol–water partition coefficient (Wildman–Crippen LogP) is 4.02. The number of fused-ring (bicyclic) bond motifs is 1. The SMILES string of the molecule is CCOCCCNC(=O)CN1C(=O)C(=Cc2ccccc2C)Sc2ccccc21. The van der Waals surface area contributed by atoms with Crippen molar-refractivity contribution in [2.24, 2.45) is 0 Å². The van der Waals surface area contributed by atoms with Crippen LogP contribution in [0.25, 0.3) is 6.08 Å². The molecule has 2 aromatic rings. The van der Waals surface area contributed by atoms with Crippen LogP contribution in [-0.4, -0.2) is 38.1 Å². The van der Waals surface area contributed by atoms with E-state index in [2.05, 4.69) is 5.32 Å². The lowest BCUT2D eigenvalue weighted by Gasteiger charge is -2.30. The summed E-state index contributed by atoms with van der Waals surface area (Å²) >= 11 is 1.45. The van der Waals surface area contributed by atoms with Crippen LogP contribution in [0.3, 0.4) is 0 Å². The van der Waals surface area contributed by atoms with Crippen molar-refractivity contribution in [2.75, 3.05) is 31.2 Å². The van der Waals surface area contributed by atoms with Crippen LogP contribution in [0.5, 0.6) is 0 Å². The maximum absolute atomic E-state index is 13.2. The molecule has 0 aromatic heterocycles. The molecule has 0 radical (unpaired) electrons. The van der Waals surface area contributed by atoms with Crippen molar-refractivity contribution in [1.29, 1.82) is 0 Å². The normalized spacial score (nSPS) is 14.8. The summed E-state index contributed by atoms with van der Waals surface area (Å²) in [5.74, 6) is -0.326. The average Bonchev–Trinajstić information content (AvgIpc) is 2.72. The summed E-state index contributed by atoms with van der Waals surface area (Å²) in [6.07, 6.45) is 2.66. The monoisotopic (exact) mass is 410 g/mol. The molecule has 0 aliphatic carbocycles. The maximum atomic E-state index is 13.2. The number of carbonyl (C=O) groups excluding carboxylic acids is 2. The first kappa shape index (κ1) is 21.1. The highest BCUT2D eigenvalue weighted by Crippen LogP contribution is 2.42. The van der Waals surface area contributed by atoms with E-state index in [-0.39, 0.29) is 18.4 Å². The Morgan fingerprint density at radius 2 is 1.93 bits per heavy atom. The van der Waals surface area contributed by atoms with Gasteiger partial charge >= 0.3 is 0 Å². The average molecular weight is 411 g/mol. The van der Waals surface area contributed by atoms with Crippen molar-refractivity contribution in [1.82, 2.24) is 5.32 Å². The fraction of sp³-hybridized carbons (Fsp3) is 0.304. The molecule has 0 atom stereocenters. The van der Waals surface area contributed by atoms with Crippen LogP contribution in [0.4, 0.5) is 5.69 Å². The molecule has 0 bridgehead atoms.